The average molecular weight is 592 g/mol. The first-order valence-corrected chi connectivity index (χ1v) is 16.6. The van der Waals surface area contributed by atoms with Gasteiger partial charge in [0.25, 0.3) is 0 Å². The van der Waals surface area contributed by atoms with E-state index in [0.717, 1.165) is 19.3 Å². The smallest absolute Gasteiger partial charge is 0.0166 e. The Morgan fingerprint density at radius 3 is 1.84 bits per heavy atom. The van der Waals surface area contributed by atoms with Gasteiger partial charge in [-0.2, -0.15) is 0 Å². The largest absolute Gasteiger partial charge is 0.325 e. The van der Waals surface area contributed by atoms with Crippen LogP contribution >= 0.6 is 0 Å². The van der Waals surface area contributed by atoms with Crippen LogP contribution in [0.5, 0.6) is 0 Å². The van der Waals surface area contributed by atoms with Gasteiger partial charge in [-0.3, -0.25) is 0 Å². The number of aryl methyl sites for hydroxylation is 2. The minimum atomic E-state index is -0.329. The van der Waals surface area contributed by atoms with Gasteiger partial charge in [0, 0.05) is 11.5 Å². The van der Waals surface area contributed by atoms with Gasteiger partial charge in [-0.25, -0.2) is 0 Å². The molecule has 0 aromatic heterocycles. The standard InChI is InChI=1S/C44H49N/c1-7-10-13-32-18-22-35(23-19-32)39-28-38(34-20-16-31(4)17-21-34)29-40(30-39)37-24-25-42(43(9-3)44(5,6)45)41(27-37)26-36-15-12-11-14-33(36)8-2/h8,11-12,14-25,27-30,43H,2,7,9-10,13,26,45H2,1,3-6H3. The van der Waals surface area contributed by atoms with E-state index >= 15 is 0 Å². The Kier molecular flexibility index (Phi) is 10.2. The predicted octanol–water partition coefficient (Wildman–Crippen LogP) is 11.8. The number of hydrogen-bond donors (Lipinski definition) is 1. The fourth-order valence-electron chi connectivity index (χ4n) is 6.64. The van der Waals surface area contributed by atoms with Crippen LogP contribution in [0.4, 0.5) is 0 Å². The molecule has 5 aromatic carbocycles. The second-order valence-electron chi connectivity index (χ2n) is 13.2. The summed E-state index contributed by atoms with van der Waals surface area (Å²) in [6.45, 7) is 15.0. The summed E-state index contributed by atoms with van der Waals surface area (Å²) in [5, 5.41) is 0. The topological polar surface area (TPSA) is 26.0 Å². The van der Waals surface area contributed by atoms with Crippen LogP contribution in [-0.4, -0.2) is 5.54 Å². The molecule has 1 unspecified atom stereocenters. The zero-order chi connectivity index (χ0) is 32.0. The molecule has 0 saturated carbocycles. The second-order valence-corrected chi connectivity index (χ2v) is 13.2. The Bertz CT molecular complexity index is 1730. The average Bonchev–Trinajstić information content (AvgIpc) is 3.04. The maximum atomic E-state index is 6.79. The Hall–Kier alpha value is -4.20. The summed E-state index contributed by atoms with van der Waals surface area (Å²) >= 11 is 0. The van der Waals surface area contributed by atoms with Crippen LogP contribution in [0, 0.1) is 6.92 Å². The first kappa shape index (κ1) is 32.2. The Morgan fingerprint density at radius 1 is 0.689 bits per heavy atom. The maximum Gasteiger partial charge on any atom is 0.0166 e. The number of rotatable bonds is 12. The van der Waals surface area contributed by atoms with E-state index < -0.39 is 0 Å². The molecule has 1 nitrogen and oxygen atoms in total. The zero-order valence-corrected chi connectivity index (χ0v) is 27.9. The minimum absolute atomic E-state index is 0.248. The summed E-state index contributed by atoms with van der Waals surface area (Å²) in [7, 11) is 0. The highest BCUT2D eigenvalue weighted by Gasteiger charge is 2.27. The van der Waals surface area contributed by atoms with Crippen molar-refractivity contribution in [3.8, 4) is 33.4 Å². The summed E-state index contributed by atoms with van der Waals surface area (Å²) in [6.07, 6.45) is 7.36. The van der Waals surface area contributed by atoms with Crippen LogP contribution in [0.25, 0.3) is 39.5 Å². The molecule has 45 heavy (non-hydrogen) atoms. The zero-order valence-electron chi connectivity index (χ0n) is 27.9. The van der Waals surface area contributed by atoms with Gasteiger partial charge in [0.15, 0.2) is 0 Å². The monoisotopic (exact) mass is 591 g/mol. The molecular weight excluding hydrogens is 542 g/mol. The molecule has 5 rings (SSSR count). The van der Waals surface area contributed by atoms with Crippen molar-refractivity contribution in [2.75, 3.05) is 0 Å². The third-order valence-electron chi connectivity index (χ3n) is 9.24. The molecule has 0 spiro atoms. The molecule has 0 aliphatic heterocycles. The normalized spacial score (nSPS) is 12.2. The van der Waals surface area contributed by atoms with E-state index in [1.165, 1.54) is 79.6 Å². The van der Waals surface area contributed by atoms with Crippen LogP contribution in [0.1, 0.15) is 86.3 Å². The molecule has 5 aromatic rings. The molecule has 0 amide bonds. The van der Waals surface area contributed by atoms with Crippen molar-refractivity contribution >= 4 is 6.08 Å². The molecule has 1 heteroatoms. The number of unbranched alkanes of at least 4 members (excludes halogenated alkanes) is 1. The van der Waals surface area contributed by atoms with Crippen LogP contribution < -0.4 is 5.73 Å². The fraction of sp³-hybridized carbons (Fsp3) is 0.273. The first-order chi connectivity index (χ1) is 21.7. The summed E-state index contributed by atoms with van der Waals surface area (Å²) in [5.74, 6) is 0.248. The first-order valence-electron chi connectivity index (χ1n) is 16.6. The van der Waals surface area contributed by atoms with Gasteiger partial charge in [-0.05, 0) is 126 Å². The summed E-state index contributed by atoms with van der Waals surface area (Å²) in [6, 6.07) is 40.8. The lowest BCUT2D eigenvalue weighted by Crippen LogP contribution is -2.39. The van der Waals surface area contributed by atoms with E-state index in [1.54, 1.807) is 0 Å². The van der Waals surface area contributed by atoms with Crippen molar-refractivity contribution in [2.24, 2.45) is 5.73 Å². The van der Waals surface area contributed by atoms with Gasteiger partial charge in [0.05, 0.1) is 0 Å². The van der Waals surface area contributed by atoms with Crippen molar-refractivity contribution in [1.29, 1.82) is 0 Å². The molecule has 1 atom stereocenters. The molecule has 0 saturated heterocycles. The van der Waals surface area contributed by atoms with Crippen LogP contribution in [-0.2, 0) is 12.8 Å². The highest BCUT2D eigenvalue weighted by Crippen LogP contribution is 2.38. The highest BCUT2D eigenvalue weighted by molar-refractivity contribution is 5.81. The third-order valence-corrected chi connectivity index (χ3v) is 9.24. The van der Waals surface area contributed by atoms with Gasteiger partial charge in [-0.15, -0.1) is 0 Å². The third kappa shape index (κ3) is 7.72. The summed E-state index contributed by atoms with van der Waals surface area (Å²) in [4.78, 5) is 0. The van der Waals surface area contributed by atoms with Gasteiger partial charge < -0.3 is 5.73 Å². The molecule has 0 heterocycles. The second kappa shape index (κ2) is 14.3. The number of benzene rings is 5. The molecular formula is C44H49N. The molecule has 0 aliphatic carbocycles. The molecule has 0 bridgehead atoms. The summed E-state index contributed by atoms with van der Waals surface area (Å²) < 4.78 is 0. The maximum absolute atomic E-state index is 6.79. The van der Waals surface area contributed by atoms with E-state index in [9.17, 15) is 0 Å². The summed E-state index contributed by atoms with van der Waals surface area (Å²) in [5.41, 5.74) is 21.7. The van der Waals surface area contributed by atoms with E-state index in [2.05, 4.69) is 150 Å². The lowest BCUT2D eigenvalue weighted by Gasteiger charge is -2.32. The molecule has 0 radical (unpaired) electrons. The highest BCUT2D eigenvalue weighted by atomic mass is 14.7. The quantitative estimate of drug-likeness (QED) is 0.153. The Labute approximate surface area is 271 Å². The van der Waals surface area contributed by atoms with Crippen LogP contribution in [0.2, 0.25) is 0 Å². The van der Waals surface area contributed by atoms with E-state index in [4.69, 9.17) is 5.73 Å². The van der Waals surface area contributed by atoms with Crippen molar-refractivity contribution in [3.05, 3.63) is 149 Å². The van der Waals surface area contributed by atoms with Crippen molar-refractivity contribution in [1.82, 2.24) is 0 Å². The van der Waals surface area contributed by atoms with E-state index in [-0.39, 0.29) is 11.5 Å². The Balaban J connectivity index is 1.66. The van der Waals surface area contributed by atoms with Crippen molar-refractivity contribution in [3.63, 3.8) is 0 Å². The van der Waals surface area contributed by atoms with Crippen LogP contribution in [0.15, 0.2) is 116 Å². The molecule has 2 N–H and O–H groups in total. The number of hydrogen-bond acceptors (Lipinski definition) is 1. The SMILES string of the molecule is C=Cc1ccccc1Cc1cc(-c2cc(-c3ccc(C)cc3)cc(-c3ccc(CCCC)cc3)c2)ccc1C(CC)C(C)(C)N. The predicted molar refractivity (Wildman–Crippen MR) is 197 cm³/mol. The van der Waals surface area contributed by atoms with Gasteiger partial charge in [-0.1, -0.05) is 129 Å². The van der Waals surface area contributed by atoms with Crippen LogP contribution in [0.3, 0.4) is 0 Å². The minimum Gasteiger partial charge on any atom is -0.325 e. The lowest BCUT2D eigenvalue weighted by atomic mass is 9.77. The lowest BCUT2D eigenvalue weighted by molar-refractivity contribution is 0.399. The molecule has 230 valence electrons. The molecule has 0 aliphatic rings. The van der Waals surface area contributed by atoms with Gasteiger partial charge >= 0.3 is 0 Å². The van der Waals surface area contributed by atoms with Crippen molar-refractivity contribution < 1.29 is 0 Å². The van der Waals surface area contributed by atoms with E-state index in [0.29, 0.717) is 0 Å². The molecule has 0 fully saturated rings. The number of nitrogens with two attached hydrogens (primary N) is 1. The fourth-order valence-corrected chi connectivity index (χ4v) is 6.64. The van der Waals surface area contributed by atoms with Gasteiger partial charge in [0.2, 0.25) is 0 Å². The Morgan fingerprint density at radius 2 is 1.27 bits per heavy atom. The van der Waals surface area contributed by atoms with Crippen molar-refractivity contribution in [2.45, 2.75) is 78.2 Å². The van der Waals surface area contributed by atoms with Gasteiger partial charge in [0.1, 0.15) is 0 Å². The van der Waals surface area contributed by atoms with E-state index in [1.807, 2.05) is 6.08 Å².